The fourth-order valence-electron chi connectivity index (χ4n) is 2.86. The Morgan fingerprint density at radius 2 is 1.88 bits per heavy atom. The van der Waals surface area contributed by atoms with Crippen LogP contribution in [0.1, 0.15) is 34.0 Å². The molecule has 0 atom stereocenters. The molecular weight excluding hydrogens is 454 g/mol. The molecule has 1 N–H and O–H groups in total. The molecule has 3 aromatic carbocycles. The van der Waals surface area contributed by atoms with E-state index < -0.39 is 5.91 Å². The first-order valence-corrected chi connectivity index (χ1v) is 10.6. The molecule has 0 radical (unpaired) electrons. The van der Waals surface area contributed by atoms with Gasteiger partial charge in [-0.15, -0.1) is 0 Å². The number of ether oxygens (including phenoxy) is 2. The number of halogens is 3. The van der Waals surface area contributed by atoms with E-state index in [1.54, 1.807) is 48.5 Å². The van der Waals surface area contributed by atoms with Crippen LogP contribution in [0.25, 0.3) is 0 Å². The summed E-state index contributed by atoms with van der Waals surface area (Å²) in [5.74, 6) is -0.128. The quantitative estimate of drug-likeness (QED) is 0.313. The first-order valence-electron chi connectivity index (χ1n) is 9.81. The third-order valence-electron chi connectivity index (χ3n) is 4.41. The molecule has 0 aliphatic carbocycles. The van der Waals surface area contributed by atoms with Crippen LogP contribution in [0.15, 0.2) is 59.7 Å². The minimum atomic E-state index is -0.438. The molecule has 166 valence electrons. The van der Waals surface area contributed by atoms with Crippen LogP contribution in [0.2, 0.25) is 10.0 Å². The van der Waals surface area contributed by atoms with Crippen molar-refractivity contribution in [1.29, 1.82) is 0 Å². The number of aryl methyl sites for hydroxylation is 1. The van der Waals surface area contributed by atoms with E-state index in [1.807, 2.05) is 13.8 Å². The van der Waals surface area contributed by atoms with Crippen molar-refractivity contribution in [1.82, 2.24) is 5.43 Å². The van der Waals surface area contributed by atoms with Gasteiger partial charge in [-0.25, -0.2) is 9.82 Å². The maximum atomic E-state index is 13.9. The fraction of sp³-hybridized carbons (Fsp3) is 0.167. The highest BCUT2D eigenvalue weighted by molar-refractivity contribution is 6.34. The molecule has 0 spiro atoms. The standard InChI is InChI=1S/C24H21Cl2FN2O3/c1-3-31-22-12-16(13-28-29-24(30)18-9-8-15(2)10-19(18)25)11-20(26)23(22)32-14-17-6-4-5-7-21(17)27/h4-13H,3,14H2,1-2H3,(H,29,30)/b28-13-. The van der Waals surface area contributed by atoms with Crippen molar-refractivity contribution in [2.45, 2.75) is 20.5 Å². The summed E-state index contributed by atoms with van der Waals surface area (Å²) >= 11 is 12.5. The summed E-state index contributed by atoms with van der Waals surface area (Å²) in [5.41, 5.74) is 4.68. The summed E-state index contributed by atoms with van der Waals surface area (Å²) in [6.07, 6.45) is 1.43. The largest absolute Gasteiger partial charge is 0.490 e. The lowest BCUT2D eigenvalue weighted by molar-refractivity contribution is 0.0955. The molecule has 0 heterocycles. The Morgan fingerprint density at radius 1 is 1.09 bits per heavy atom. The molecule has 0 unspecified atom stereocenters. The number of amides is 1. The summed E-state index contributed by atoms with van der Waals surface area (Å²) in [7, 11) is 0. The number of hydrazone groups is 1. The van der Waals surface area contributed by atoms with Gasteiger partial charge in [0.1, 0.15) is 12.4 Å². The maximum Gasteiger partial charge on any atom is 0.272 e. The minimum absolute atomic E-state index is 0.00668. The van der Waals surface area contributed by atoms with Crippen LogP contribution in [0.3, 0.4) is 0 Å². The first kappa shape index (κ1) is 23.6. The van der Waals surface area contributed by atoms with Crippen molar-refractivity contribution >= 4 is 35.3 Å². The number of hydrogen-bond acceptors (Lipinski definition) is 4. The van der Waals surface area contributed by atoms with Crippen LogP contribution in [-0.4, -0.2) is 18.7 Å². The number of nitrogens with zero attached hydrogens (tertiary/aromatic N) is 1. The van der Waals surface area contributed by atoms with Gasteiger partial charge in [-0.05, 0) is 55.3 Å². The zero-order valence-corrected chi connectivity index (χ0v) is 19.0. The number of carbonyl (C=O) groups excluding carboxylic acids is 1. The summed E-state index contributed by atoms with van der Waals surface area (Å²) in [4.78, 5) is 12.3. The van der Waals surface area contributed by atoms with Gasteiger partial charge in [0.05, 0.1) is 28.4 Å². The van der Waals surface area contributed by atoms with E-state index in [-0.39, 0.29) is 17.4 Å². The third kappa shape index (κ3) is 5.99. The Hall–Kier alpha value is -3.09. The van der Waals surface area contributed by atoms with E-state index in [2.05, 4.69) is 10.5 Å². The van der Waals surface area contributed by atoms with Crippen molar-refractivity contribution in [3.8, 4) is 11.5 Å². The molecule has 32 heavy (non-hydrogen) atoms. The van der Waals surface area contributed by atoms with Gasteiger partial charge in [0.2, 0.25) is 0 Å². The van der Waals surface area contributed by atoms with Gasteiger partial charge in [0.25, 0.3) is 5.91 Å². The molecule has 0 saturated heterocycles. The van der Waals surface area contributed by atoms with Crippen LogP contribution in [-0.2, 0) is 6.61 Å². The second kappa shape index (κ2) is 11.0. The molecule has 3 rings (SSSR count). The van der Waals surface area contributed by atoms with Crippen LogP contribution in [0, 0.1) is 12.7 Å². The van der Waals surface area contributed by atoms with Crippen LogP contribution in [0.4, 0.5) is 4.39 Å². The molecule has 0 aliphatic rings. The molecular formula is C24H21Cl2FN2O3. The summed E-state index contributed by atoms with van der Waals surface area (Å²) in [5, 5.41) is 4.58. The Balaban J connectivity index is 1.74. The molecule has 5 nitrogen and oxygen atoms in total. The molecule has 1 amide bonds. The lowest BCUT2D eigenvalue weighted by Gasteiger charge is -2.14. The van der Waals surface area contributed by atoms with Crippen LogP contribution in [0.5, 0.6) is 11.5 Å². The van der Waals surface area contributed by atoms with Gasteiger partial charge >= 0.3 is 0 Å². The van der Waals surface area contributed by atoms with E-state index in [0.717, 1.165) is 5.56 Å². The Kier molecular flexibility index (Phi) is 8.09. The average molecular weight is 475 g/mol. The third-order valence-corrected chi connectivity index (χ3v) is 5.00. The maximum absolute atomic E-state index is 13.9. The fourth-order valence-corrected chi connectivity index (χ4v) is 3.46. The van der Waals surface area contributed by atoms with E-state index >= 15 is 0 Å². The number of hydrogen-bond donors (Lipinski definition) is 1. The van der Waals surface area contributed by atoms with E-state index in [4.69, 9.17) is 32.7 Å². The Labute approximate surface area is 195 Å². The molecule has 0 saturated carbocycles. The topological polar surface area (TPSA) is 59.9 Å². The van der Waals surface area contributed by atoms with Crippen LogP contribution >= 0.6 is 23.2 Å². The monoisotopic (exact) mass is 474 g/mol. The summed E-state index contributed by atoms with van der Waals surface area (Å²) < 4.78 is 25.2. The van der Waals surface area contributed by atoms with Crippen molar-refractivity contribution in [2.24, 2.45) is 5.10 Å². The van der Waals surface area contributed by atoms with E-state index in [1.165, 1.54) is 12.3 Å². The average Bonchev–Trinajstić information content (AvgIpc) is 2.74. The predicted molar refractivity (Wildman–Crippen MR) is 125 cm³/mol. The van der Waals surface area contributed by atoms with Crippen molar-refractivity contribution in [3.63, 3.8) is 0 Å². The number of nitrogens with one attached hydrogen (secondary N) is 1. The van der Waals surface area contributed by atoms with E-state index in [0.29, 0.717) is 39.8 Å². The predicted octanol–water partition coefficient (Wildman–Crippen LogP) is 6.18. The van der Waals surface area contributed by atoms with Crippen molar-refractivity contribution < 1.29 is 18.7 Å². The van der Waals surface area contributed by atoms with Gasteiger partial charge in [-0.2, -0.15) is 5.10 Å². The van der Waals surface area contributed by atoms with Crippen LogP contribution < -0.4 is 14.9 Å². The smallest absolute Gasteiger partial charge is 0.272 e. The molecule has 0 aliphatic heterocycles. The Morgan fingerprint density at radius 3 is 2.59 bits per heavy atom. The number of benzene rings is 3. The lowest BCUT2D eigenvalue weighted by Crippen LogP contribution is -2.18. The van der Waals surface area contributed by atoms with Gasteiger partial charge in [-0.1, -0.05) is 47.5 Å². The van der Waals surface area contributed by atoms with Gasteiger partial charge in [-0.3, -0.25) is 4.79 Å². The lowest BCUT2D eigenvalue weighted by atomic mass is 10.1. The molecule has 0 bridgehead atoms. The molecule has 3 aromatic rings. The van der Waals surface area contributed by atoms with Gasteiger partial charge in [0.15, 0.2) is 11.5 Å². The van der Waals surface area contributed by atoms with Gasteiger partial charge in [0, 0.05) is 5.56 Å². The first-order chi connectivity index (χ1) is 15.4. The Bertz CT molecular complexity index is 1150. The van der Waals surface area contributed by atoms with Crippen molar-refractivity contribution in [2.75, 3.05) is 6.61 Å². The van der Waals surface area contributed by atoms with E-state index in [9.17, 15) is 9.18 Å². The highest BCUT2D eigenvalue weighted by atomic mass is 35.5. The zero-order valence-electron chi connectivity index (χ0n) is 17.5. The molecule has 0 fully saturated rings. The SMILES string of the molecule is CCOc1cc(/C=N\NC(=O)c2ccc(C)cc2Cl)cc(Cl)c1OCc1ccccc1F. The summed E-state index contributed by atoms with van der Waals surface area (Å²) in [6, 6.07) is 14.7. The highest BCUT2D eigenvalue weighted by Crippen LogP contribution is 2.37. The highest BCUT2D eigenvalue weighted by Gasteiger charge is 2.14. The summed E-state index contributed by atoms with van der Waals surface area (Å²) in [6.45, 7) is 4.07. The van der Waals surface area contributed by atoms with Crippen molar-refractivity contribution in [3.05, 3.63) is 92.7 Å². The normalized spacial score (nSPS) is 10.9. The molecule has 8 heteroatoms. The second-order valence-corrected chi connectivity index (χ2v) is 7.64. The molecule has 0 aromatic heterocycles. The zero-order chi connectivity index (χ0) is 23.1. The van der Waals surface area contributed by atoms with Gasteiger partial charge < -0.3 is 9.47 Å². The number of rotatable bonds is 8. The second-order valence-electron chi connectivity index (χ2n) is 6.83. The minimum Gasteiger partial charge on any atom is -0.490 e. The number of carbonyl (C=O) groups is 1.